The summed E-state index contributed by atoms with van der Waals surface area (Å²) >= 11 is 0. The van der Waals surface area contributed by atoms with E-state index in [2.05, 4.69) is 12.2 Å². The second kappa shape index (κ2) is 5.66. The number of allylic oxidation sites excluding steroid dienone is 2. The van der Waals surface area contributed by atoms with E-state index in [9.17, 15) is 13.5 Å². The quantitative estimate of drug-likeness (QED) is 0.731. The number of sulfone groups is 1. The predicted octanol–water partition coefficient (Wildman–Crippen LogP) is 1.53. The van der Waals surface area contributed by atoms with Gasteiger partial charge in [0.05, 0.1) is 6.10 Å². The maximum Gasteiger partial charge on any atom is 0.147 e. The van der Waals surface area contributed by atoms with Gasteiger partial charge in [0.2, 0.25) is 0 Å². The highest BCUT2D eigenvalue weighted by molar-refractivity contribution is 7.90. The third-order valence-electron chi connectivity index (χ3n) is 2.87. The molecule has 0 radical (unpaired) electrons. The fraction of sp³-hybridized carbons (Fsp3) is 0.818. The van der Waals surface area contributed by atoms with E-state index in [4.69, 9.17) is 0 Å². The van der Waals surface area contributed by atoms with Crippen LogP contribution in [0.3, 0.4) is 0 Å². The van der Waals surface area contributed by atoms with Crippen molar-refractivity contribution in [3.05, 3.63) is 12.2 Å². The number of rotatable bonds is 5. The molecule has 1 aliphatic carbocycles. The predicted molar refractivity (Wildman–Crippen MR) is 61.4 cm³/mol. The Hall–Kier alpha value is -0.350. The number of aliphatic hydroxyl groups is 1. The monoisotopic (exact) mass is 232 g/mol. The number of hydrogen-bond donors (Lipinski definition) is 1. The molecule has 0 saturated carbocycles. The molecule has 0 saturated heterocycles. The molecule has 2 atom stereocenters. The Morgan fingerprint density at radius 1 is 1.47 bits per heavy atom. The van der Waals surface area contributed by atoms with Gasteiger partial charge in [-0.2, -0.15) is 0 Å². The third kappa shape index (κ3) is 5.33. The van der Waals surface area contributed by atoms with Crippen LogP contribution in [-0.2, 0) is 9.84 Å². The topological polar surface area (TPSA) is 54.4 Å². The SMILES string of the molecule is CS(=O)(=O)CCCC(O)C1CC=CCC1. The van der Waals surface area contributed by atoms with Gasteiger partial charge in [-0.25, -0.2) is 8.42 Å². The smallest absolute Gasteiger partial charge is 0.147 e. The molecule has 3 nitrogen and oxygen atoms in total. The largest absolute Gasteiger partial charge is 0.393 e. The highest BCUT2D eigenvalue weighted by Gasteiger charge is 2.19. The van der Waals surface area contributed by atoms with Crippen molar-refractivity contribution in [3.63, 3.8) is 0 Å². The average Bonchev–Trinajstić information content (AvgIpc) is 2.17. The minimum atomic E-state index is -2.88. The Morgan fingerprint density at radius 2 is 2.20 bits per heavy atom. The van der Waals surface area contributed by atoms with Gasteiger partial charge in [0, 0.05) is 12.0 Å². The van der Waals surface area contributed by atoms with Crippen LogP contribution in [0.5, 0.6) is 0 Å². The maximum absolute atomic E-state index is 10.9. The molecule has 2 unspecified atom stereocenters. The van der Waals surface area contributed by atoms with Gasteiger partial charge < -0.3 is 5.11 Å². The van der Waals surface area contributed by atoms with E-state index in [1.807, 2.05) is 0 Å². The van der Waals surface area contributed by atoms with Crippen LogP contribution in [0.2, 0.25) is 0 Å². The van der Waals surface area contributed by atoms with Gasteiger partial charge >= 0.3 is 0 Å². The first-order valence-corrected chi connectivity index (χ1v) is 7.56. The highest BCUT2D eigenvalue weighted by Crippen LogP contribution is 2.24. The Bertz CT molecular complexity index is 306. The lowest BCUT2D eigenvalue weighted by atomic mass is 9.87. The van der Waals surface area contributed by atoms with Crippen molar-refractivity contribution in [3.8, 4) is 0 Å². The Labute approximate surface area is 92.1 Å². The summed E-state index contributed by atoms with van der Waals surface area (Å²) in [5, 5.41) is 9.84. The molecule has 0 aromatic rings. The van der Waals surface area contributed by atoms with E-state index in [-0.39, 0.29) is 11.9 Å². The zero-order valence-corrected chi connectivity index (χ0v) is 10.0. The second-order valence-corrected chi connectivity index (χ2v) is 6.64. The number of hydrogen-bond acceptors (Lipinski definition) is 3. The first-order chi connectivity index (χ1) is 6.99. The Morgan fingerprint density at radius 3 is 2.73 bits per heavy atom. The van der Waals surface area contributed by atoms with Crippen LogP contribution >= 0.6 is 0 Å². The molecule has 0 spiro atoms. The van der Waals surface area contributed by atoms with Gasteiger partial charge in [-0.05, 0) is 38.0 Å². The van der Waals surface area contributed by atoms with Gasteiger partial charge in [0.15, 0.2) is 0 Å². The van der Waals surface area contributed by atoms with E-state index in [1.54, 1.807) is 0 Å². The van der Waals surface area contributed by atoms with Crippen molar-refractivity contribution in [1.82, 2.24) is 0 Å². The molecule has 0 bridgehead atoms. The van der Waals surface area contributed by atoms with E-state index < -0.39 is 9.84 Å². The second-order valence-electron chi connectivity index (χ2n) is 4.38. The van der Waals surface area contributed by atoms with Crippen LogP contribution in [0.4, 0.5) is 0 Å². The maximum atomic E-state index is 10.9. The fourth-order valence-corrected chi connectivity index (χ4v) is 2.65. The van der Waals surface area contributed by atoms with Crippen molar-refractivity contribution in [1.29, 1.82) is 0 Å². The molecule has 4 heteroatoms. The normalized spacial score (nSPS) is 24.0. The molecule has 1 N–H and O–H groups in total. The highest BCUT2D eigenvalue weighted by atomic mass is 32.2. The summed E-state index contributed by atoms with van der Waals surface area (Å²) < 4.78 is 21.8. The summed E-state index contributed by atoms with van der Waals surface area (Å²) in [6.45, 7) is 0. The molecule has 15 heavy (non-hydrogen) atoms. The number of aliphatic hydroxyl groups excluding tert-OH is 1. The van der Waals surface area contributed by atoms with Crippen LogP contribution in [0.1, 0.15) is 32.1 Å². The van der Waals surface area contributed by atoms with Crippen molar-refractivity contribution < 1.29 is 13.5 Å². The first kappa shape index (κ1) is 12.7. The van der Waals surface area contributed by atoms with Crippen LogP contribution in [0.15, 0.2) is 12.2 Å². The van der Waals surface area contributed by atoms with Crippen LogP contribution in [-0.4, -0.2) is 31.6 Å². The summed E-state index contributed by atoms with van der Waals surface area (Å²) in [6, 6.07) is 0. The first-order valence-electron chi connectivity index (χ1n) is 5.50. The zero-order valence-electron chi connectivity index (χ0n) is 9.22. The summed E-state index contributed by atoms with van der Waals surface area (Å²) in [5.41, 5.74) is 0. The lowest BCUT2D eigenvalue weighted by Crippen LogP contribution is -2.22. The minimum absolute atomic E-state index is 0.187. The summed E-state index contributed by atoms with van der Waals surface area (Å²) in [4.78, 5) is 0. The summed E-state index contributed by atoms with van der Waals surface area (Å²) in [7, 11) is -2.88. The fourth-order valence-electron chi connectivity index (χ4n) is 1.96. The van der Waals surface area contributed by atoms with E-state index in [0.29, 0.717) is 18.8 Å². The lowest BCUT2D eigenvalue weighted by Gasteiger charge is -2.23. The summed E-state index contributed by atoms with van der Waals surface area (Å²) in [6.07, 6.45) is 9.31. The van der Waals surface area contributed by atoms with Gasteiger partial charge in [0.25, 0.3) is 0 Å². The van der Waals surface area contributed by atoms with E-state index in [1.165, 1.54) is 6.26 Å². The average molecular weight is 232 g/mol. The Balaban J connectivity index is 2.23. The molecule has 1 aliphatic rings. The third-order valence-corrected chi connectivity index (χ3v) is 3.90. The molecule has 88 valence electrons. The molecule has 0 aromatic heterocycles. The zero-order chi connectivity index (χ0) is 11.3. The van der Waals surface area contributed by atoms with Gasteiger partial charge in [-0.15, -0.1) is 0 Å². The van der Waals surface area contributed by atoms with Gasteiger partial charge in [-0.1, -0.05) is 12.2 Å². The van der Waals surface area contributed by atoms with Crippen molar-refractivity contribution >= 4 is 9.84 Å². The summed E-state index contributed by atoms with van der Waals surface area (Å²) in [5.74, 6) is 0.515. The van der Waals surface area contributed by atoms with Crippen LogP contribution < -0.4 is 0 Å². The molecule has 0 fully saturated rings. The Kier molecular flexibility index (Phi) is 4.80. The molecule has 1 rings (SSSR count). The van der Waals surface area contributed by atoms with Gasteiger partial charge in [-0.3, -0.25) is 0 Å². The molecule has 0 amide bonds. The van der Waals surface area contributed by atoms with E-state index >= 15 is 0 Å². The van der Waals surface area contributed by atoms with Crippen molar-refractivity contribution in [2.45, 2.75) is 38.2 Å². The molecule has 0 aromatic carbocycles. The van der Waals surface area contributed by atoms with Crippen LogP contribution in [0, 0.1) is 5.92 Å². The van der Waals surface area contributed by atoms with Crippen LogP contribution in [0.25, 0.3) is 0 Å². The standard InChI is InChI=1S/C11H20O3S/c1-15(13,14)9-5-8-11(12)10-6-3-2-4-7-10/h2-3,10-12H,4-9H2,1H3. The van der Waals surface area contributed by atoms with Gasteiger partial charge in [0.1, 0.15) is 9.84 Å². The molecule has 0 aliphatic heterocycles. The molecule has 0 heterocycles. The molecular weight excluding hydrogens is 212 g/mol. The van der Waals surface area contributed by atoms with Crippen molar-refractivity contribution in [2.24, 2.45) is 5.92 Å². The lowest BCUT2D eigenvalue weighted by molar-refractivity contribution is 0.0930. The minimum Gasteiger partial charge on any atom is -0.393 e. The molecular formula is C11H20O3S. The van der Waals surface area contributed by atoms with Crippen molar-refractivity contribution in [2.75, 3.05) is 12.0 Å². The van der Waals surface area contributed by atoms with E-state index in [0.717, 1.165) is 19.3 Å².